The summed E-state index contributed by atoms with van der Waals surface area (Å²) in [6, 6.07) is 7.34. The van der Waals surface area contributed by atoms with Crippen LogP contribution in [-0.4, -0.2) is 31.7 Å². The predicted octanol–water partition coefficient (Wildman–Crippen LogP) is 3.72. The van der Waals surface area contributed by atoms with Crippen LogP contribution in [0.1, 0.15) is 37.6 Å². The highest BCUT2D eigenvalue weighted by Gasteiger charge is 2.34. The van der Waals surface area contributed by atoms with Gasteiger partial charge in [0.2, 0.25) is 5.91 Å². The second-order valence-electron chi connectivity index (χ2n) is 6.88. The molecule has 2 atom stereocenters. The molecule has 0 saturated carbocycles. The number of sulfonamides is 1. The SMILES string of the molecule is CC(C)[C@@H](NC(=O)[C@H]1CCCN(S(=O)(=O)c2cccs2)C1)c1cccs1. The molecule has 0 spiro atoms. The van der Waals surface area contributed by atoms with Crippen molar-refractivity contribution in [3.8, 4) is 0 Å². The Morgan fingerprint density at radius 3 is 2.58 bits per heavy atom. The largest absolute Gasteiger partial charge is 0.348 e. The summed E-state index contributed by atoms with van der Waals surface area (Å²) < 4.78 is 27.3. The number of rotatable bonds is 6. The quantitative estimate of drug-likeness (QED) is 0.786. The Morgan fingerprint density at radius 2 is 1.96 bits per heavy atom. The molecular formula is C18H24N2O3S3. The molecule has 5 nitrogen and oxygen atoms in total. The van der Waals surface area contributed by atoms with Crippen LogP contribution in [0.15, 0.2) is 39.2 Å². The molecule has 0 unspecified atom stereocenters. The van der Waals surface area contributed by atoms with Gasteiger partial charge in [0.1, 0.15) is 4.21 Å². The molecule has 1 aliphatic heterocycles. The van der Waals surface area contributed by atoms with Crippen molar-refractivity contribution in [3.05, 3.63) is 39.9 Å². The number of piperidine rings is 1. The maximum Gasteiger partial charge on any atom is 0.252 e. The van der Waals surface area contributed by atoms with Crippen LogP contribution in [0.3, 0.4) is 0 Å². The molecule has 26 heavy (non-hydrogen) atoms. The molecule has 0 aliphatic carbocycles. The van der Waals surface area contributed by atoms with Crippen LogP contribution >= 0.6 is 22.7 Å². The van der Waals surface area contributed by atoms with E-state index in [0.29, 0.717) is 17.2 Å². The van der Waals surface area contributed by atoms with Crippen molar-refractivity contribution in [1.82, 2.24) is 9.62 Å². The predicted molar refractivity (Wildman–Crippen MR) is 106 cm³/mol. The number of carbonyl (C=O) groups is 1. The molecule has 2 aromatic heterocycles. The van der Waals surface area contributed by atoms with Crippen molar-refractivity contribution in [1.29, 1.82) is 0 Å². The van der Waals surface area contributed by atoms with Crippen LogP contribution in [0.5, 0.6) is 0 Å². The Kier molecular flexibility index (Phi) is 6.17. The van der Waals surface area contributed by atoms with E-state index < -0.39 is 10.0 Å². The van der Waals surface area contributed by atoms with Crippen molar-refractivity contribution in [2.45, 2.75) is 36.9 Å². The monoisotopic (exact) mass is 412 g/mol. The first kappa shape index (κ1) is 19.5. The van der Waals surface area contributed by atoms with Gasteiger partial charge in [-0.3, -0.25) is 4.79 Å². The number of amides is 1. The molecule has 3 rings (SSSR count). The number of nitrogens with zero attached hydrogens (tertiary/aromatic N) is 1. The smallest absolute Gasteiger partial charge is 0.252 e. The van der Waals surface area contributed by atoms with Gasteiger partial charge in [0.25, 0.3) is 10.0 Å². The average molecular weight is 413 g/mol. The summed E-state index contributed by atoms with van der Waals surface area (Å²) in [5, 5.41) is 6.91. The number of hydrogen-bond acceptors (Lipinski definition) is 5. The molecule has 1 aliphatic rings. The summed E-state index contributed by atoms with van der Waals surface area (Å²) in [6.45, 7) is 4.89. The molecule has 1 fully saturated rings. The lowest BCUT2D eigenvalue weighted by atomic mass is 9.96. The summed E-state index contributed by atoms with van der Waals surface area (Å²) in [7, 11) is -3.50. The van der Waals surface area contributed by atoms with Crippen LogP contribution in [0.25, 0.3) is 0 Å². The minimum atomic E-state index is -3.50. The number of thiophene rings is 2. The first-order valence-electron chi connectivity index (χ1n) is 8.77. The van der Waals surface area contributed by atoms with Gasteiger partial charge in [-0.1, -0.05) is 26.0 Å². The summed E-state index contributed by atoms with van der Waals surface area (Å²) >= 11 is 2.85. The number of carbonyl (C=O) groups excluding carboxylic acids is 1. The van der Waals surface area contributed by atoms with E-state index in [1.54, 1.807) is 28.8 Å². The molecule has 1 amide bonds. The average Bonchev–Trinajstić information content (AvgIpc) is 3.32. The van der Waals surface area contributed by atoms with E-state index in [4.69, 9.17) is 0 Å². The molecule has 8 heteroatoms. The Hall–Kier alpha value is -1.22. The molecule has 2 aromatic rings. The van der Waals surface area contributed by atoms with Crippen molar-refractivity contribution < 1.29 is 13.2 Å². The van der Waals surface area contributed by atoms with E-state index in [1.165, 1.54) is 15.6 Å². The van der Waals surface area contributed by atoms with Gasteiger partial charge in [-0.15, -0.1) is 22.7 Å². The Labute approximate surface area is 163 Å². The zero-order valence-corrected chi connectivity index (χ0v) is 17.4. The summed E-state index contributed by atoms with van der Waals surface area (Å²) in [4.78, 5) is 14.0. The van der Waals surface area contributed by atoms with Gasteiger partial charge in [0.05, 0.1) is 12.0 Å². The van der Waals surface area contributed by atoms with Gasteiger partial charge in [0, 0.05) is 18.0 Å². The third-order valence-electron chi connectivity index (χ3n) is 4.66. The fourth-order valence-corrected chi connectivity index (χ4v) is 6.84. The minimum Gasteiger partial charge on any atom is -0.348 e. The van der Waals surface area contributed by atoms with E-state index >= 15 is 0 Å². The minimum absolute atomic E-state index is 0.0354. The normalized spacial score (nSPS) is 20.2. The second kappa shape index (κ2) is 8.21. The number of nitrogens with one attached hydrogen (secondary N) is 1. The molecule has 1 N–H and O–H groups in total. The topological polar surface area (TPSA) is 66.5 Å². The van der Waals surface area contributed by atoms with Crippen LogP contribution in [0, 0.1) is 11.8 Å². The highest BCUT2D eigenvalue weighted by molar-refractivity contribution is 7.91. The molecule has 0 radical (unpaired) electrons. The van der Waals surface area contributed by atoms with Crippen LogP contribution in [-0.2, 0) is 14.8 Å². The maximum absolute atomic E-state index is 12.8. The second-order valence-corrected chi connectivity index (χ2v) is 11.0. The number of hydrogen-bond donors (Lipinski definition) is 1. The van der Waals surface area contributed by atoms with Gasteiger partial charge in [-0.2, -0.15) is 4.31 Å². The highest BCUT2D eigenvalue weighted by atomic mass is 32.2. The summed E-state index contributed by atoms with van der Waals surface area (Å²) in [5.41, 5.74) is 0. The fraction of sp³-hybridized carbons (Fsp3) is 0.500. The lowest BCUT2D eigenvalue weighted by Crippen LogP contribution is -2.46. The zero-order chi connectivity index (χ0) is 18.7. The molecule has 142 valence electrons. The van der Waals surface area contributed by atoms with Crippen molar-refractivity contribution >= 4 is 38.6 Å². The van der Waals surface area contributed by atoms with Crippen molar-refractivity contribution in [2.75, 3.05) is 13.1 Å². The van der Waals surface area contributed by atoms with E-state index in [-0.39, 0.29) is 30.3 Å². The Balaban J connectivity index is 1.70. The van der Waals surface area contributed by atoms with Gasteiger partial charge in [-0.05, 0) is 41.7 Å². The molecule has 1 saturated heterocycles. The Morgan fingerprint density at radius 1 is 1.23 bits per heavy atom. The van der Waals surface area contributed by atoms with Crippen molar-refractivity contribution in [2.24, 2.45) is 11.8 Å². The fourth-order valence-electron chi connectivity index (χ4n) is 3.22. The van der Waals surface area contributed by atoms with E-state index in [2.05, 4.69) is 19.2 Å². The first-order chi connectivity index (χ1) is 12.4. The zero-order valence-electron chi connectivity index (χ0n) is 14.9. The van der Waals surface area contributed by atoms with E-state index in [9.17, 15) is 13.2 Å². The first-order valence-corrected chi connectivity index (χ1v) is 12.0. The van der Waals surface area contributed by atoms with Crippen molar-refractivity contribution in [3.63, 3.8) is 0 Å². The van der Waals surface area contributed by atoms with E-state index in [0.717, 1.165) is 11.3 Å². The van der Waals surface area contributed by atoms with Gasteiger partial charge in [-0.25, -0.2) is 8.42 Å². The van der Waals surface area contributed by atoms with Gasteiger partial charge >= 0.3 is 0 Å². The van der Waals surface area contributed by atoms with E-state index in [1.807, 2.05) is 17.5 Å². The third-order valence-corrected chi connectivity index (χ3v) is 8.85. The maximum atomic E-state index is 12.8. The van der Waals surface area contributed by atoms with Crippen LogP contribution in [0.2, 0.25) is 0 Å². The van der Waals surface area contributed by atoms with Crippen LogP contribution < -0.4 is 5.32 Å². The molecule has 0 bridgehead atoms. The lowest BCUT2D eigenvalue weighted by Gasteiger charge is -2.32. The highest BCUT2D eigenvalue weighted by Crippen LogP contribution is 2.29. The summed E-state index contributed by atoms with van der Waals surface area (Å²) in [5.74, 6) is -0.0879. The standard InChI is InChI=1S/C18H24N2O3S3/c1-13(2)17(15-7-4-10-24-15)19-18(21)14-6-3-9-20(12-14)26(22,23)16-8-5-11-25-16/h4-5,7-8,10-11,13-14,17H,3,6,9,12H2,1-2H3,(H,19,21)/t14-,17+/m0/s1. The lowest BCUT2D eigenvalue weighted by molar-refractivity contribution is -0.127. The Bertz CT molecular complexity index is 814. The molecule has 0 aromatic carbocycles. The molecule has 3 heterocycles. The van der Waals surface area contributed by atoms with Gasteiger partial charge in [0.15, 0.2) is 0 Å². The summed E-state index contributed by atoms with van der Waals surface area (Å²) in [6.07, 6.45) is 1.42. The molecular weight excluding hydrogens is 388 g/mol. The third kappa shape index (κ3) is 4.19. The van der Waals surface area contributed by atoms with Crippen LogP contribution in [0.4, 0.5) is 0 Å². The van der Waals surface area contributed by atoms with Gasteiger partial charge < -0.3 is 5.32 Å².